The maximum atomic E-state index is 12.0. The van der Waals surface area contributed by atoms with Crippen LogP contribution in [0.25, 0.3) is 0 Å². The van der Waals surface area contributed by atoms with Gasteiger partial charge in [-0.15, -0.1) is 0 Å². The summed E-state index contributed by atoms with van der Waals surface area (Å²) in [5.74, 6) is 0. The minimum absolute atomic E-state index is 0.151. The second-order valence-corrected chi connectivity index (χ2v) is 5.08. The number of nitrogen functional groups attached to an aromatic ring is 1. The van der Waals surface area contributed by atoms with Crippen LogP contribution in [0.1, 0.15) is 11.3 Å². The van der Waals surface area contributed by atoms with Crippen LogP contribution >= 0.6 is 27.5 Å². The zero-order valence-electron chi connectivity index (χ0n) is 9.65. The lowest BCUT2D eigenvalue weighted by molar-refractivity contribution is 0.726. The molecule has 1 aromatic heterocycles. The van der Waals surface area contributed by atoms with Crippen molar-refractivity contribution in [2.24, 2.45) is 0 Å². The Labute approximate surface area is 118 Å². The Morgan fingerprint density at radius 3 is 2.89 bits per heavy atom. The Morgan fingerprint density at radius 2 is 2.22 bits per heavy atom. The van der Waals surface area contributed by atoms with Gasteiger partial charge < -0.3 is 5.73 Å². The van der Waals surface area contributed by atoms with E-state index in [0.29, 0.717) is 27.4 Å². The lowest BCUT2D eigenvalue weighted by atomic mass is 10.2. The summed E-state index contributed by atoms with van der Waals surface area (Å²) in [5.41, 5.74) is 7.64. The standard InChI is InChI=1S/C12H11BrClN3O/c1-7-11(13)12(18)17(6-16-7)5-8-9(14)3-2-4-10(8)15/h2-4,6H,5,15H2,1H3. The molecular formula is C12H11BrClN3O. The maximum absolute atomic E-state index is 12.0. The summed E-state index contributed by atoms with van der Waals surface area (Å²) in [6.07, 6.45) is 1.49. The quantitative estimate of drug-likeness (QED) is 0.862. The first-order valence-corrected chi connectivity index (χ1v) is 6.42. The molecule has 2 N–H and O–H groups in total. The zero-order chi connectivity index (χ0) is 13.3. The molecule has 0 saturated heterocycles. The molecule has 4 nitrogen and oxygen atoms in total. The monoisotopic (exact) mass is 327 g/mol. The van der Waals surface area contributed by atoms with E-state index < -0.39 is 0 Å². The molecule has 2 aromatic rings. The lowest BCUT2D eigenvalue weighted by Crippen LogP contribution is -2.23. The topological polar surface area (TPSA) is 60.9 Å². The molecule has 0 unspecified atom stereocenters. The molecule has 18 heavy (non-hydrogen) atoms. The van der Waals surface area contributed by atoms with Gasteiger partial charge in [0.2, 0.25) is 0 Å². The normalized spacial score (nSPS) is 10.6. The third-order valence-electron chi connectivity index (χ3n) is 2.64. The first-order valence-electron chi connectivity index (χ1n) is 5.25. The number of aryl methyl sites for hydroxylation is 1. The summed E-state index contributed by atoms with van der Waals surface area (Å²) in [7, 11) is 0. The molecule has 0 spiro atoms. The van der Waals surface area contributed by atoms with Crippen molar-refractivity contribution in [3.05, 3.63) is 55.6 Å². The second kappa shape index (κ2) is 5.12. The highest BCUT2D eigenvalue weighted by Crippen LogP contribution is 2.22. The smallest absolute Gasteiger partial charge is 0.268 e. The molecule has 0 aliphatic rings. The fourth-order valence-electron chi connectivity index (χ4n) is 1.57. The summed E-state index contributed by atoms with van der Waals surface area (Å²) >= 11 is 9.30. The largest absolute Gasteiger partial charge is 0.398 e. The number of nitrogens with two attached hydrogens (primary N) is 1. The maximum Gasteiger partial charge on any atom is 0.268 e. The summed E-state index contributed by atoms with van der Waals surface area (Å²) in [6.45, 7) is 2.07. The van der Waals surface area contributed by atoms with Crippen LogP contribution in [0.15, 0.2) is 33.8 Å². The van der Waals surface area contributed by atoms with Crippen LogP contribution in [-0.2, 0) is 6.54 Å². The van der Waals surface area contributed by atoms with Gasteiger partial charge >= 0.3 is 0 Å². The molecule has 0 atom stereocenters. The minimum atomic E-state index is -0.151. The summed E-state index contributed by atoms with van der Waals surface area (Å²) < 4.78 is 1.92. The van der Waals surface area contributed by atoms with Gasteiger partial charge in [0, 0.05) is 16.3 Å². The Bertz CT molecular complexity index is 634. The number of nitrogens with zero attached hydrogens (tertiary/aromatic N) is 2. The summed E-state index contributed by atoms with van der Waals surface area (Å²) in [6, 6.07) is 5.27. The molecule has 1 heterocycles. The summed E-state index contributed by atoms with van der Waals surface area (Å²) in [5, 5.41) is 0.540. The fraction of sp³-hybridized carbons (Fsp3) is 0.167. The molecule has 94 valence electrons. The van der Waals surface area contributed by atoms with Crippen molar-refractivity contribution in [2.75, 3.05) is 5.73 Å². The van der Waals surface area contributed by atoms with Crippen LogP contribution in [0.3, 0.4) is 0 Å². The molecule has 0 aliphatic heterocycles. The molecule has 1 aromatic carbocycles. The van der Waals surface area contributed by atoms with Crippen molar-refractivity contribution in [3.8, 4) is 0 Å². The summed E-state index contributed by atoms with van der Waals surface area (Å²) in [4.78, 5) is 16.1. The fourth-order valence-corrected chi connectivity index (χ4v) is 2.14. The van der Waals surface area contributed by atoms with Gasteiger partial charge in [0.25, 0.3) is 5.56 Å². The average Bonchev–Trinajstić information content (AvgIpc) is 2.34. The van der Waals surface area contributed by atoms with Gasteiger partial charge in [-0.1, -0.05) is 17.7 Å². The second-order valence-electron chi connectivity index (χ2n) is 3.88. The third-order valence-corrected chi connectivity index (χ3v) is 3.91. The van der Waals surface area contributed by atoms with Crippen LogP contribution in [0.4, 0.5) is 5.69 Å². The van der Waals surface area contributed by atoms with E-state index in [1.54, 1.807) is 25.1 Å². The van der Waals surface area contributed by atoms with E-state index in [1.807, 2.05) is 0 Å². The molecular weight excluding hydrogens is 318 g/mol. The van der Waals surface area contributed by atoms with Crippen molar-refractivity contribution in [2.45, 2.75) is 13.5 Å². The molecule has 0 fully saturated rings. The number of anilines is 1. The van der Waals surface area contributed by atoms with Crippen LogP contribution < -0.4 is 11.3 Å². The van der Waals surface area contributed by atoms with Gasteiger partial charge in [-0.05, 0) is 35.0 Å². The first-order chi connectivity index (χ1) is 8.50. The van der Waals surface area contributed by atoms with E-state index in [1.165, 1.54) is 10.9 Å². The van der Waals surface area contributed by atoms with Crippen molar-refractivity contribution < 1.29 is 0 Å². The highest BCUT2D eigenvalue weighted by atomic mass is 79.9. The molecule has 0 radical (unpaired) electrons. The van der Waals surface area contributed by atoms with Crippen molar-refractivity contribution in [3.63, 3.8) is 0 Å². The predicted octanol–water partition coefficient (Wildman–Crippen LogP) is 2.60. The zero-order valence-corrected chi connectivity index (χ0v) is 12.0. The molecule has 0 bridgehead atoms. The van der Waals surface area contributed by atoms with E-state index >= 15 is 0 Å². The molecule has 6 heteroatoms. The van der Waals surface area contributed by atoms with Gasteiger partial charge in [-0.3, -0.25) is 9.36 Å². The SMILES string of the molecule is Cc1ncn(Cc2c(N)cccc2Cl)c(=O)c1Br. The van der Waals surface area contributed by atoms with E-state index in [4.69, 9.17) is 17.3 Å². The van der Waals surface area contributed by atoms with Crippen LogP contribution in [0, 0.1) is 6.92 Å². The molecule has 0 aliphatic carbocycles. The van der Waals surface area contributed by atoms with Gasteiger partial charge in [-0.25, -0.2) is 4.98 Å². The van der Waals surface area contributed by atoms with Crippen LogP contribution in [0.2, 0.25) is 5.02 Å². The number of halogens is 2. The molecule has 2 rings (SSSR count). The Balaban J connectivity index is 2.47. The number of rotatable bonds is 2. The number of hydrogen-bond donors (Lipinski definition) is 1. The van der Waals surface area contributed by atoms with Crippen molar-refractivity contribution >= 4 is 33.2 Å². The number of benzene rings is 1. The van der Waals surface area contributed by atoms with Gasteiger partial charge in [0.15, 0.2) is 0 Å². The van der Waals surface area contributed by atoms with E-state index in [0.717, 1.165) is 5.56 Å². The van der Waals surface area contributed by atoms with Crippen molar-refractivity contribution in [1.82, 2.24) is 9.55 Å². The van der Waals surface area contributed by atoms with Crippen LogP contribution in [-0.4, -0.2) is 9.55 Å². The Morgan fingerprint density at radius 1 is 1.50 bits per heavy atom. The van der Waals surface area contributed by atoms with E-state index in [-0.39, 0.29) is 5.56 Å². The molecule has 0 saturated carbocycles. The number of hydrogen-bond acceptors (Lipinski definition) is 3. The highest BCUT2D eigenvalue weighted by molar-refractivity contribution is 9.10. The highest BCUT2D eigenvalue weighted by Gasteiger charge is 2.09. The number of aromatic nitrogens is 2. The minimum Gasteiger partial charge on any atom is -0.398 e. The van der Waals surface area contributed by atoms with Gasteiger partial charge in [-0.2, -0.15) is 0 Å². The molecule has 0 amide bonds. The van der Waals surface area contributed by atoms with Gasteiger partial charge in [0.1, 0.15) is 4.47 Å². The van der Waals surface area contributed by atoms with Gasteiger partial charge in [0.05, 0.1) is 18.6 Å². The lowest BCUT2D eigenvalue weighted by Gasteiger charge is -2.10. The van der Waals surface area contributed by atoms with Crippen molar-refractivity contribution in [1.29, 1.82) is 0 Å². The Hall–Kier alpha value is -1.33. The first kappa shape index (κ1) is 13.1. The average molecular weight is 329 g/mol. The predicted molar refractivity (Wildman–Crippen MR) is 75.9 cm³/mol. The Kier molecular flexibility index (Phi) is 3.73. The van der Waals surface area contributed by atoms with E-state index in [9.17, 15) is 4.79 Å². The third kappa shape index (κ3) is 2.42. The van der Waals surface area contributed by atoms with E-state index in [2.05, 4.69) is 20.9 Å². The van der Waals surface area contributed by atoms with Crippen LogP contribution in [0.5, 0.6) is 0 Å².